The molecule has 12 heavy (non-hydrogen) atoms. The molecule has 0 saturated carbocycles. The maximum atomic E-state index is 9.24. The van der Waals surface area contributed by atoms with Crippen LogP contribution in [0.4, 0.5) is 0 Å². The van der Waals surface area contributed by atoms with E-state index < -0.39 is 0 Å². The second-order valence-electron chi connectivity index (χ2n) is 2.60. The Hall–Kier alpha value is -1.26. The van der Waals surface area contributed by atoms with E-state index in [0.29, 0.717) is 11.1 Å². The maximum Gasteiger partial charge on any atom is 0.123 e. The Bertz CT molecular complexity index is 286. The van der Waals surface area contributed by atoms with Gasteiger partial charge in [0.25, 0.3) is 0 Å². The van der Waals surface area contributed by atoms with Crippen molar-refractivity contribution in [2.45, 2.75) is 13.5 Å². The van der Waals surface area contributed by atoms with Gasteiger partial charge in [-0.15, -0.1) is 0 Å². The molecule has 0 aliphatic carbocycles. The number of hydrogen-bond acceptors (Lipinski definition) is 4. The van der Waals surface area contributed by atoms with E-state index in [1.165, 1.54) is 6.07 Å². The quantitative estimate of drug-likeness (QED) is 0.496. The SMILES string of the molecule is Cc1cc(CNO)c(O)cc1O. The van der Waals surface area contributed by atoms with Gasteiger partial charge in [0.1, 0.15) is 11.5 Å². The third-order valence-corrected chi connectivity index (χ3v) is 1.67. The van der Waals surface area contributed by atoms with Crippen molar-refractivity contribution < 1.29 is 15.4 Å². The summed E-state index contributed by atoms with van der Waals surface area (Å²) in [6, 6.07) is 2.86. The van der Waals surface area contributed by atoms with Crippen molar-refractivity contribution >= 4 is 0 Å². The Labute approximate surface area is 70.0 Å². The molecule has 1 rings (SSSR count). The second-order valence-corrected chi connectivity index (χ2v) is 2.60. The second kappa shape index (κ2) is 3.42. The Balaban J connectivity index is 3.05. The Morgan fingerprint density at radius 3 is 2.50 bits per heavy atom. The first-order chi connectivity index (χ1) is 5.65. The molecule has 0 fully saturated rings. The van der Waals surface area contributed by atoms with Gasteiger partial charge in [-0.1, -0.05) is 0 Å². The van der Waals surface area contributed by atoms with Crippen LogP contribution in [0.25, 0.3) is 0 Å². The number of rotatable bonds is 2. The van der Waals surface area contributed by atoms with Crippen molar-refractivity contribution in [1.82, 2.24) is 5.48 Å². The van der Waals surface area contributed by atoms with E-state index in [1.54, 1.807) is 13.0 Å². The van der Waals surface area contributed by atoms with E-state index in [2.05, 4.69) is 0 Å². The number of aromatic hydroxyl groups is 2. The lowest BCUT2D eigenvalue weighted by molar-refractivity contribution is 0.160. The number of hydroxylamine groups is 1. The molecular weight excluding hydrogens is 158 g/mol. The molecule has 0 bridgehead atoms. The summed E-state index contributed by atoms with van der Waals surface area (Å²) in [5.41, 5.74) is 3.14. The highest BCUT2D eigenvalue weighted by Gasteiger charge is 2.04. The molecule has 1 aromatic rings. The van der Waals surface area contributed by atoms with Gasteiger partial charge in [0, 0.05) is 18.2 Å². The van der Waals surface area contributed by atoms with Crippen molar-refractivity contribution in [2.24, 2.45) is 0 Å². The minimum Gasteiger partial charge on any atom is -0.508 e. The molecule has 4 heteroatoms. The van der Waals surface area contributed by atoms with Gasteiger partial charge < -0.3 is 15.4 Å². The third-order valence-electron chi connectivity index (χ3n) is 1.67. The number of hydrogen-bond donors (Lipinski definition) is 4. The van der Waals surface area contributed by atoms with E-state index in [0.717, 1.165) is 0 Å². The van der Waals surface area contributed by atoms with Gasteiger partial charge in [0.2, 0.25) is 0 Å². The molecule has 4 nitrogen and oxygen atoms in total. The van der Waals surface area contributed by atoms with Crippen LogP contribution in [0.3, 0.4) is 0 Å². The maximum absolute atomic E-state index is 9.24. The standard InChI is InChI=1S/C8H11NO3/c1-5-2-6(4-9-12)8(11)3-7(5)10/h2-3,9-12H,4H2,1H3. The van der Waals surface area contributed by atoms with E-state index in [1.807, 2.05) is 5.48 Å². The zero-order valence-electron chi connectivity index (χ0n) is 6.70. The summed E-state index contributed by atoms with van der Waals surface area (Å²) in [5.74, 6) is 0.0221. The zero-order valence-corrected chi connectivity index (χ0v) is 6.70. The van der Waals surface area contributed by atoms with E-state index in [4.69, 9.17) is 10.3 Å². The van der Waals surface area contributed by atoms with Crippen LogP contribution in [0.5, 0.6) is 11.5 Å². The highest BCUT2D eigenvalue weighted by Crippen LogP contribution is 2.26. The van der Waals surface area contributed by atoms with Crippen LogP contribution in [0.15, 0.2) is 12.1 Å². The van der Waals surface area contributed by atoms with Crippen molar-refractivity contribution in [2.75, 3.05) is 0 Å². The number of benzene rings is 1. The lowest BCUT2D eigenvalue weighted by atomic mass is 10.1. The smallest absolute Gasteiger partial charge is 0.123 e. The molecule has 0 atom stereocenters. The van der Waals surface area contributed by atoms with Crippen LogP contribution in [0, 0.1) is 6.92 Å². The fourth-order valence-electron chi connectivity index (χ4n) is 0.972. The van der Waals surface area contributed by atoms with Gasteiger partial charge in [0.05, 0.1) is 0 Å². The van der Waals surface area contributed by atoms with E-state index in [9.17, 15) is 5.11 Å². The Kier molecular flexibility index (Phi) is 2.52. The molecule has 0 unspecified atom stereocenters. The molecule has 66 valence electrons. The molecule has 4 N–H and O–H groups in total. The summed E-state index contributed by atoms with van der Waals surface area (Å²) in [6.07, 6.45) is 0. The molecule has 0 aliphatic heterocycles. The van der Waals surface area contributed by atoms with Crippen LogP contribution in [-0.4, -0.2) is 15.4 Å². The van der Waals surface area contributed by atoms with Crippen LogP contribution in [-0.2, 0) is 6.54 Å². The minimum absolute atomic E-state index is 0.0281. The van der Waals surface area contributed by atoms with E-state index >= 15 is 0 Å². The number of aryl methyl sites for hydroxylation is 1. The fraction of sp³-hybridized carbons (Fsp3) is 0.250. The zero-order chi connectivity index (χ0) is 9.14. The Morgan fingerprint density at radius 2 is 1.92 bits per heavy atom. The first-order valence-electron chi connectivity index (χ1n) is 3.53. The van der Waals surface area contributed by atoms with Crippen LogP contribution < -0.4 is 5.48 Å². The molecule has 0 aromatic heterocycles. The van der Waals surface area contributed by atoms with Crippen molar-refractivity contribution in [3.8, 4) is 11.5 Å². The average Bonchev–Trinajstić information content (AvgIpc) is 2.01. The first kappa shape index (κ1) is 8.83. The molecule has 0 radical (unpaired) electrons. The topological polar surface area (TPSA) is 72.7 Å². The first-order valence-corrected chi connectivity index (χ1v) is 3.53. The molecular formula is C8H11NO3. The highest BCUT2D eigenvalue weighted by molar-refractivity contribution is 5.44. The monoisotopic (exact) mass is 169 g/mol. The Morgan fingerprint density at radius 1 is 1.25 bits per heavy atom. The van der Waals surface area contributed by atoms with Crippen molar-refractivity contribution in [3.05, 3.63) is 23.3 Å². The number of phenols is 2. The van der Waals surface area contributed by atoms with Gasteiger partial charge >= 0.3 is 0 Å². The molecule has 1 aromatic carbocycles. The molecule has 0 amide bonds. The largest absolute Gasteiger partial charge is 0.508 e. The van der Waals surface area contributed by atoms with Crippen molar-refractivity contribution in [1.29, 1.82) is 0 Å². The summed E-state index contributed by atoms with van der Waals surface area (Å²) in [7, 11) is 0. The normalized spacial score (nSPS) is 10.2. The van der Waals surface area contributed by atoms with Crippen molar-refractivity contribution in [3.63, 3.8) is 0 Å². The molecule has 0 aliphatic rings. The van der Waals surface area contributed by atoms with Gasteiger partial charge in [-0.2, -0.15) is 0 Å². The fourth-order valence-corrected chi connectivity index (χ4v) is 0.972. The van der Waals surface area contributed by atoms with Gasteiger partial charge in [-0.3, -0.25) is 0 Å². The summed E-state index contributed by atoms with van der Waals surface area (Å²) < 4.78 is 0. The van der Waals surface area contributed by atoms with Gasteiger partial charge in [-0.25, -0.2) is 5.48 Å². The van der Waals surface area contributed by atoms with Crippen LogP contribution >= 0.6 is 0 Å². The molecule has 0 heterocycles. The lowest BCUT2D eigenvalue weighted by Gasteiger charge is -2.05. The number of phenolic OH excluding ortho intramolecular Hbond substituents is 2. The lowest BCUT2D eigenvalue weighted by Crippen LogP contribution is -2.06. The summed E-state index contributed by atoms with van der Waals surface area (Å²) in [4.78, 5) is 0. The summed E-state index contributed by atoms with van der Waals surface area (Å²) >= 11 is 0. The summed E-state index contributed by atoms with van der Waals surface area (Å²) in [5, 5.41) is 26.8. The summed E-state index contributed by atoms with van der Waals surface area (Å²) in [6.45, 7) is 1.88. The van der Waals surface area contributed by atoms with Gasteiger partial charge in [-0.05, 0) is 18.6 Å². The van der Waals surface area contributed by atoms with Crippen LogP contribution in [0.1, 0.15) is 11.1 Å². The number of nitrogens with one attached hydrogen (secondary N) is 1. The predicted molar refractivity (Wildman–Crippen MR) is 43.1 cm³/mol. The molecule has 0 saturated heterocycles. The minimum atomic E-state index is -0.0281. The molecule has 0 spiro atoms. The van der Waals surface area contributed by atoms with Crippen LogP contribution in [0.2, 0.25) is 0 Å². The average molecular weight is 169 g/mol. The van der Waals surface area contributed by atoms with E-state index in [-0.39, 0.29) is 18.0 Å². The third kappa shape index (κ3) is 1.66. The highest BCUT2D eigenvalue weighted by atomic mass is 16.5. The van der Waals surface area contributed by atoms with Gasteiger partial charge in [0.15, 0.2) is 0 Å². The predicted octanol–water partition coefficient (Wildman–Crippen LogP) is 0.885.